The van der Waals surface area contributed by atoms with Crippen LogP contribution in [0.15, 0.2) is 0 Å². The summed E-state index contributed by atoms with van der Waals surface area (Å²) in [5, 5.41) is 14.0. The van der Waals surface area contributed by atoms with Gasteiger partial charge in [0, 0.05) is 0 Å². The van der Waals surface area contributed by atoms with Crippen molar-refractivity contribution in [1.29, 1.82) is 0 Å². The number of amides is 1. The van der Waals surface area contributed by atoms with Gasteiger partial charge in [0.1, 0.15) is 6.04 Å². The molecule has 3 N–H and O–H groups in total. The second-order valence-corrected chi connectivity index (χ2v) is 3.69. The molecule has 0 aliphatic rings. The second-order valence-electron chi connectivity index (χ2n) is 3.69. The Labute approximate surface area is 83.9 Å². The number of likely N-dealkylation sites (N-methyl/N-ethyl adjacent to an activating group) is 1. The van der Waals surface area contributed by atoms with Crippen LogP contribution in [0.1, 0.15) is 27.7 Å². The van der Waals surface area contributed by atoms with E-state index in [-0.39, 0.29) is 5.91 Å². The lowest BCUT2D eigenvalue weighted by molar-refractivity contribution is -0.142. The number of hydrogen-bond acceptors (Lipinski definition) is 3. The molecule has 0 heterocycles. The molecule has 0 radical (unpaired) electrons. The standard InChI is InChI=1S/C9H18N2O3/c1-5-10-9(3,4)8(14)11-6(2)7(12)13/h6,10H,5H2,1-4H3,(H,11,14)(H,12,13)/t6-/m0/s1. The van der Waals surface area contributed by atoms with Gasteiger partial charge in [0.05, 0.1) is 5.54 Å². The van der Waals surface area contributed by atoms with Gasteiger partial charge in [-0.3, -0.25) is 9.59 Å². The van der Waals surface area contributed by atoms with Gasteiger partial charge >= 0.3 is 5.97 Å². The van der Waals surface area contributed by atoms with Crippen LogP contribution < -0.4 is 10.6 Å². The Balaban J connectivity index is 4.26. The average molecular weight is 202 g/mol. The molecule has 0 aromatic rings. The quantitative estimate of drug-likeness (QED) is 0.584. The summed E-state index contributed by atoms with van der Waals surface area (Å²) < 4.78 is 0. The van der Waals surface area contributed by atoms with Crippen LogP contribution in [0.25, 0.3) is 0 Å². The summed E-state index contributed by atoms with van der Waals surface area (Å²) in [6.45, 7) is 7.39. The fourth-order valence-corrected chi connectivity index (χ4v) is 0.961. The molecule has 5 nitrogen and oxygen atoms in total. The van der Waals surface area contributed by atoms with Crippen molar-refractivity contribution in [3.63, 3.8) is 0 Å². The first-order valence-corrected chi connectivity index (χ1v) is 4.60. The number of carbonyl (C=O) groups is 2. The van der Waals surface area contributed by atoms with Crippen molar-refractivity contribution >= 4 is 11.9 Å². The normalized spacial score (nSPS) is 13.4. The molecule has 0 aromatic carbocycles. The fraction of sp³-hybridized carbons (Fsp3) is 0.778. The maximum absolute atomic E-state index is 11.5. The van der Waals surface area contributed by atoms with E-state index in [0.717, 1.165) is 0 Å². The Morgan fingerprint density at radius 1 is 1.43 bits per heavy atom. The highest BCUT2D eigenvalue weighted by Gasteiger charge is 2.28. The zero-order chi connectivity index (χ0) is 11.4. The van der Waals surface area contributed by atoms with E-state index in [4.69, 9.17) is 5.11 Å². The van der Waals surface area contributed by atoms with Crippen molar-refractivity contribution in [2.75, 3.05) is 6.54 Å². The zero-order valence-corrected chi connectivity index (χ0v) is 9.05. The monoisotopic (exact) mass is 202 g/mol. The van der Waals surface area contributed by atoms with Crippen LogP contribution in [0.4, 0.5) is 0 Å². The maximum Gasteiger partial charge on any atom is 0.325 e. The third-order valence-electron chi connectivity index (χ3n) is 1.90. The Morgan fingerprint density at radius 2 is 1.93 bits per heavy atom. The zero-order valence-electron chi connectivity index (χ0n) is 9.05. The second kappa shape index (κ2) is 4.95. The van der Waals surface area contributed by atoms with E-state index in [9.17, 15) is 9.59 Å². The minimum Gasteiger partial charge on any atom is -0.480 e. The molecule has 0 bridgehead atoms. The molecular formula is C9H18N2O3. The molecule has 0 spiro atoms. The van der Waals surface area contributed by atoms with E-state index in [0.29, 0.717) is 6.54 Å². The SMILES string of the molecule is CCNC(C)(C)C(=O)N[C@@H](C)C(=O)O. The fourth-order valence-electron chi connectivity index (χ4n) is 0.961. The van der Waals surface area contributed by atoms with Crippen LogP contribution in [0.3, 0.4) is 0 Å². The van der Waals surface area contributed by atoms with Crippen LogP contribution in [0, 0.1) is 0 Å². The van der Waals surface area contributed by atoms with Gasteiger partial charge in [-0.25, -0.2) is 0 Å². The van der Waals surface area contributed by atoms with Gasteiger partial charge in [-0.2, -0.15) is 0 Å². The Bertz CT molecular complexity index is 226. The summed E-state index contributed by atoms with van der Waals surface area (Å²) in [7, 11) is 0. The predicted molar refractivity (Wildman–Crippen MR) is 53.0 cm³/mol. The van der Waals surface area contributed by atoms with Gasteiger partial charge in [0.15, 0.2) is 0 Å². The van der Waals surface area contributed by atoms with E-state index in [1.807, 2.05) is 6.92 Å². The molecule has 0 aliphatic heterocycles. The molecule has 1 amide bonds. The van der Waals surface area contributed by atoms with Gasteiger partial charge in [0.2, 0.25) is 5.91 Å². The summed E-state index contributed by atoms with van der Waals surface area (Å²) in [5.74, 6) is -1.35. The highest BCUT2D eigenvalue weighted by atomic mass is 16.4. The number of hydrogen-bond donors (Lipinski definition) is 3. The first kappa shape index (κ1) is 12.9. The molecule has 0 aliphatic carbocycles. The summed E-state index contributed by atoms with van der Waals surface area (Å²) in [6, 6.07) is -0.861. The predicted octanol–water partition coefficient (Wildman–Crippen LogP) is -0.0362. The van der Waals surface area contributed by atoms with E-state index in [1.165, 1.54) is 6.92 Å². The summed E-state index contributed by atoms with van der Waals surface area (Å²) in [6.07, 6.45) is 0. The number of rotatable bonds is 5. The number of nitrogens with one attached hydrogen (secondary N) is 2. The Kier molecular flexibility index (Phi) is 4.56. The lowest BCUT2D eigenvalue weighted by Gasteiger charge is -2.25. The van der Waals surface area contributed by atoms with E-state index < -0.39 is 17.6 Å². The van der Waals surface area contributed by atoms with Crippen molar-refractivity contribution < 1.29 is 14.7 Å². The Morgan fingerprint density at radius 3 is 2.29 bits per heavy atom. The molecule has 0 saturated carbocycles. The third kappa shape index (κ3) is 3.74. The van der Waals surface area contributed by atoms with Crippen molar-refractivity contribution in [3.8, 4) is 0 Å². The van der Waals surface area contributed by atoms with Gasteiger partial charge in [-0.05, 0) is 27.3 Å². The van der Waals surface area contributed by atoms with E-state index in [1.54, 1.807) is 13.8 Å². The minimum atomic E-state index is -1.04. The van der Waals surface area contributed by atoms with Crippen molar-refractivity contribution in [2.24, 2.45) is 0 Å². The van der Waals surface area contributed by atoms with Crippen molar-refractivity contribution in [2.45, 2.75) is 39.3 Å². The van der Waals surface area contributed by atoms with Gasteiger partial charge in [-0.15, -0.1) is 0 Å². The summed E-state index contributed by atoms with van der Waals surface area (Å²) >= 11 is 0. The molecule has 0 aromatic heterocycles. The lowest BCUT2D eigenvalue weighted by atomic mass is 10.0. The largest absolute Gasteiger partial charge is 0.480 e. The van der Waals surface area contributed by atoms with Crippen molar-refractivity contribution in [1.82, 2.24) is 10.6 Å². The summed E-state index contributed by atoms with van der Waals surface area (Å²) in [4.78, 5) is 22.0. The van der Waals surface area contributed by atoms with Crippen LogP contribution in [-0.2, 0) is 9.59 Å². The number of carboxylic acids is 1. The Hall–Kier alpha value is -1.10. The van der Waals surface area contributed by atoms with E-state index >= 15 is 0 Å². The smallest absolute Gasteiger partial charge is 0.325 e. The van der Waals surface area contributed by atoms with Gasteiger partial charge in [0.25, 0.3) is 0 Å². The molecule has 1 atom stereocenters. The van der Waals surface area contributed by atoms with E-state index in [2.05, 4.69) is 10.6 Å². The highest BCUT2D eigenvalue weighted by Crippen LogP contribution is 2.02. The van der Waals surface area contributed by atoms with Crippen LogP contribution in [0.5, 0.6) is 0 Å². The molecule has 14 heavy (non-hydrogen) atoms. The lowest BCUT2D eigenvalue weighted by Crippen LogP contribution is -2.55. The van der Waals surface area contributed by atoms with Gasteiger partial charge < -0.3 is 15.7 Å². The molecule has 0 unspecified atom stereocenters. The summed E-state index contributed by atoms with van der Waals surface area (Å²) in [5.41, 5.74) is -0.738. The number of carbonyl (C=O) groups excluding carboxylic acids is 1. The first-order chi connectivity index (χ1) is 6.31. The molecule has 0 rings (SSSR count). The molecule has 0 fully saturated rings. The molecular weight excluding hydrogens is 184 g/mol. The molecule has 0 saturated heterocycles. The maximum atomic E-state index is 11.5. The first-order valence-electron chi connectivity index (χ1n) is 4.60. The van der Waals surface area contributed by atoms with Crippen LogP contribution >= 0.6 is 0 Å². The number of aliphatic carboxylic acids is 1. The topological polar surface area (TPSA) is 78.4 Å². The molecule has 82 valence electrons. The average Bonchev–Trinajstić information content (AvgIpc) is 2.03. The highest BCUT2D eigenvalue weighted by molar-refractivity contribution is 5.89. The number of carboxylic acid groups (broad SMARTS) is 1. The van der Waals surface area contributed by atoms with Crippen molar-refractivity contribution in [3.05, 3.63) is 0 Å². The van der Waals surface area contributed by atoms with Crippen LogP contribution in [-0.4, -0.2) is 35.1 Å². The van der Waals surface area contributed by atoms with Gasteiger partial charge in [-0.1, -0.05) is 6.92 Å². The third-order valence-corrected chi connectivity index (χ3v) is 1.90. The molecule has 5 heteroatoms. The minimum absolute atomic E-state index is 0.311. The van der Waals surface area contributed by atoms with Crippen LogP contribution in [0.2, 0.25) is 0 Å².